The quantitative estimate of drug-likeness (QED) is 0.0960. The van der Waals surface area contributed by atoms with Crippen molar-refractivity contribution in [1.82, 2.24) is 19.9 Å². The van der Waals surface area contributed by atoms with Crippen LogP contribution in [0.3, 0.4) is 0 Å². The third-order valence-electron chi connectivity index (χ3n) is 15.7. The van der Waals surface area contributed by atoms with Gasteiger partial charge < -0.3 is 19.9 Å². The molecular formula is C88H80Ir4N4-4. The molecule has 0 spiro atoms. The number of pyridine rings is 4. The number of hydrogen-bond donors (Lipinski definition) is 0. The molecule has 4 aromatic heterocycles. The molecular weight excluding hydrogens is 1880 g/mol. The predicted octanol–water partition coefficient (Wildman–Crippen LogP) is 23.2. The maximum atomic E-state index is 4.61. The molecule has 8 heteroatoms. The van der Waals surface area contributed by atoms with Crippen molar-refractivity contribution in [2.75, 3.05) is 0 Å². The first kappa shape index (κ1) is 77.2. The second-order valence-electron chi connectivity index (χ2n) is 24.6. The van der Waals surface area contributed by atoms with Crippen molar-refractivity contribution in [3.05, 3.63) is 338 Å². The molecule has 0 aliphatic heterocycles. The zero-order valence-corrected chi connectivity index (χ0v) is 65.1. The second kappa shape index (κ2) is 39.4. The van der Waals surface area contributed by atoms with E-state index in [4.69, 9.17) is 0 Å². The monoisotopic (exact) mass is 1960 g/mol. The minimum Gasteiger partial charge on any atom is -0.305 e. The molecule has 0 amide bonds. The van der Waals surface area contributed by atoms with Crippen molar-refractivity contribution in [2.24, 2.45) is 11.8 Å². The van der Waals surface area contributed by atoms with Crippen LogP contribution in [0.25, 0.3) is 101 Å². The fourth-order valence-corrected chi connectivity index (χ4v) is 10.9. The van der Waals surface area contributed by atoms with E-state index in [1.165, 1.54) is 77.9 Å². The molecule has 4 heterocycles. The predicted molar refractivity (Wildman–Crippen MR) is 386 cm³/mol. The molecule has 0 saturated heterocycles. The van der Waals surface area contributed by atoms with Gasteiger partial charge in [0.1, 0.15) is 0 Å². The summed E-state index contributed by atoms with van der Waals surface area (Å²) in [6, 6.07) is 105. The van der Waals surface area contributed by atoms with Gasteiger partial charge in [-0.25, -0.2) is 0 Å². The van der Waals surface area contributed by atoms with Crippen LogP contribution in [0.2, 0.25) is 0 Å². The molecule has 0 aliphatic carbocycles. The van der Waals surface area contributed by atoms with Gasteiger partial charge in [-0.1, -0.05) is 231 Å². The summed E-state index contributed by atoms with van der Waals surface area (Å²) in [5.41, 5.74) is 25.6. The Morgan fingerprint density at radius 3 is 1.01 bits per heavy atom. The van der Waals surface area contributed by atoms with Crippen molar-refractivity contribution < 1.29 is 80.4 Å². The summed E-state index contributed by atoms with van der Waals surface area (Å²) >= 11 is 0. The molecule has 9 aromatic carbocycles. The summed E-state index contributed by atoms with van der Waals surface area (Å²) in [7, 11) is 0. The Bertz CT molecular complexity index is 4280. The fourth-order valence-electron chi connectivity index (χ4n) is 10.9. The topological polar surface area (TPSA) is 51.6 Å². The summed E-state index contributed by atoms with van der Waals surface area (Å²) in [4.78, 5) is 18.0. The van der Waals surface area contributed by atoms with E-state index in [-0.39, 0.29) is 80.4 Å². The first-order valence-corrected chi connectivity index (χ1v) is 32.1. The van der Waals surface area contributed by atoms with Gasteiger partial charge in [0.25, 0.3) is 0 Å². The summed E-state index contributed by atoms with van der Waals surface area (Å²) in [6.07, 6.45) is 9.67. The third-order valence-corrected chi connectivity index (χ3v) is 15.7. The standard InChI is InChI=1S/C23H16N.C23H24N.2C21H20N.4Ir/c1-2-8-18(9-3-1)19-10-6-11-20(16-19)21-12-7-13-22(17-21)23-14-4-5-15-24-23;1-16(2)20-13-21(17(3)4)15-22(14-20)18-8-7-9-19(12-18)23-10-5-6-11-24-23;1-16(2)13-17-11-12-21(22-15-17)20-10-6-9-19(14-20)18-7-4-3-5-8-18;1-16(2)13-17-11-12-22-21(14-17)20-10-6-9-19(15-20)18-7-4-3-5-8-18;;;;/h1-12,14-17H;5-8,10-17H,1-4H3;2*3-9,11-12,14-16H,13H2,1-2H3;;;;/q4*-1;;;;. The van der Waals surface area contributed by atoms with Crippen LogP contribution < -0.4 is 0 Å². The Hall–Kier alpha value is -7.82. The fraction of sp³-hybridized carbons (Fsp3) is 0.159. The maximum absolute atomic E-state index is 4.61. The number of nitrogens with zero attached hydrogens (tertiary/aromatic N) is 4. The molecule has 0 aliphatic rings. The van der Waals surface area contributed by atoms with Gasteiger partial charge in [-0.05, 0) is 134 Å². The molecule has 0 unspecified atom stereocenters. The minimum atomic E-state index is 0. The minimum absolute atomic E-state index is 0. The summed E-state index contributed by atoms with van der Waals surface area (Å²) < 4.78 is 0. The summed E-state index contributed by atoms with van der Waals surface area (Å²) in [6.45, 7) is 17.9. The van der Waals surface area contributed by atoms with Gasteiger partial charge in [0.05, 0.1) is 0 Å². The maximum Gasteiger partial charge on any atom is 0.0192 e. The molecule has 4 radical (unpaired) electrons. The first-order chi connectivity index (χ1) is 44.9. The van der Waals surface area contributed by atoms with E-state index >= 15 is 0 Å². The zero-order valence-electron chi connectivity index (χ0n) is 55.6. The first-order valence-electron chi connectivity index (χ1n) is 32.1. The number of benzene rings is 9. The van der Waals surface area contributed by atoms with E-state index in [0.29, 0.717) is 23.7 Å². The van der Waals surface area contributed by atoms with Crippen molar-refractivity contribution in [3.63, 3.8) is 0 Å². The van der Waals surface area contributed by atoms with Crippen LogP contribution in [0.4, 0.5) is 0 Å². The smallest absolute Gasteiger partial charge is 0.0192 e. The van der Waals surface area contributed by atoms with Crippen molar-refractivity contribution in [3.8, 4) is 101 Å². The Morgan fingerprint density at radius 1 is 0.260 bits per heavy atom. The van der Waals surface area contributed by atoms with Gasteiger partial charge in [-0.3, -0.25) is 0 Å². The van der Waals surface area contributed by atoms with Gasteiger partial charge in [-0.2, -0.15) is 0 Å². The molecule has 13 aromatic rings. The summed E-state index contributed by atoms with van der Waals surface area (Å²) in [5, 5.41) is 0. The van der Waals surface area contributed by atoms with Gasteiger partial charge >= 0.3 is 0 Å². The molecule has 0 fully saturated rings. The van der Waals surface area contributed by atoms with Crippen molar-refractivity contribution in [1.29, 1.82) is 0 Å². The molecule has 0 bridgehead atoms. The molecule has 4 nitrogen and oxygen atoms in total. The van der Waals surface area contributed by atoms with Crippen LogP contribution in [-0.2, 0) is 93.3 Å². The largest absolute Gasteiger partial charge is 0.305 e. The van der Waals surface area contributed by atoms with Crippen LogP contribution in [0.15, 0.2) is 292 Å². The van der Waals surface area contributed by atoms with Crippen molar-refractivity contribution >= 4 is 0 Å². The molecule has 0 saturated carbocycles. The molecule has 0 atom stereocenters. The molecule has 492 valence electrons. The number of aromatic nitrogens is 4. The Kier molecular flexibility index (Phi) is 31.7. The van der Waals surface area contributed by atoms with Crippen LogP contribution in [-0.4, -0.2) is 19.9 Å². The SMILES string of the molecule is CC(C)Cc1ccc(-c2[c-]ccc(-c3ccccc3)c2)nc1.CC(C)Cc1ccnc(-c2[c-]ccc(-c3ccccc3)c2)c1.CC(C)c1cc(-c2cc[c-]c(-c3ccccn3)c2)cc(C(C)C)c1.[Ir].[Ir].[Ir].[Ir].[c-]1ccc(-c2cccc(-c3ccccc3)c2)cc1-c1ccccn1. The molecule has 96 heavy (non-hydrogen) atoms. The second-order valence-corrected chi connectivity index (χ2v) is 24.6. The van der Waals surface area contributed by atoms with Gasteiger partial charge in [0.15, 0.2) is 0 Å². The van der Waals surface area contributed by atoms with Crippen LogP contribution in [0.5, 0.6) is 0 Å². The van der Waals surface area contributed by atoms with E-state index < -0.39 is 0 Å². The Labute approximate surface area is 625 Å². The average Bonchev–Trinajstić information content (AvgIpc) is 0.884. The van der Waals surface area contributed by atoms with Gasteiger partial charge in [0, 0.05) is 105 Å². The summed E-state index contributed by atoms with van der Waals surface area (Å²) in [5.74, 6) is 2.34. The van der Waals surface area contributed by atoms with E-state index in [1.54, 1.807) is 0 Å². The molecule has 13 rings (SSSR count). The number of rotatable bonds is 15. The van der Waals surface area contributed by atoms with Crippen LogP contribution >= 0.6 is 0 Å². The van der Waals surface area contributed by atoms with E-state index in [0.717, 1.165) is 57.9 Å². The van der Waals surface area contributed by atoms with Crippen LogP contribution in [0, 0.1) is 36.1 Å². The van der Waals surface area contributed by atoms with Crippen LogP contribution in [0.1, 0.15) is 89.5 Å². The van der Waals surface area contributed by atoms with E-state index in [1.807, 2.05) is 104 Å². The van der Waals surface area contributed by atoms with E-state index in [9.17, 15) is 0 Å². The molecule has 0 N–H and O–H groups in total. The zero-order chi connectivity index (χ0) is 64.0. The number of hydrogen-bond acceptors (Lipinski definition) is 4. The Balaban J connectivity index is 0.000000200. The van der Waals surface area contributed by atoms with Crippen molar-refractivity contribution in [2.45, 2.75) is 80.1 Å². The van der Waals surface area contributed by atoms with E-state index in [2.05, 4.69) is 288 Å². The average molecular weight is 1960 g/mol. The third kappa shape index (κ3) is 22.6. The van der Waals surface area contributed by atoms with Gasteiger partial charge in [-0.15, -0.1) is 142 Å². The van der Waals surface area contributed by atoms with Gasteiger partial charge in [0.2, 0.25) is 0 Å². The normalized spacial score (nSPS) is 10.4. The Morgan fingerprint density at radius 2 is 0.615 bits per heavy atom.